The van der Waals surface area contributed by atoms with Crippen LogP contribution in [0.5, 0.6) is 0 Å². The first-order valence-corrected chi connectivity index (χ1v) is 4.67. The Morgan fingerprint density at radius 2 is 2.20 bits per heavy atom. The average Bonchev–Trinajstić information content (AvgIpc) is 2.37. The maximum atomic E-state index is 11.8. The molecule has 15 heavy (non-hydrogen) atoms. The molecule has 0 fully saturated rings. The lowest BCUT2D eigenvalue weighted by Crippen LogP contribution is -3.02. The average molecular weight is 208 g/mol. The number of carbonyl (C=O) groups excluding carboxylic acids is 1. The van der Waals surface area contributed by atoms with E-state index in [2.05, 4.69) is 0 Å². The van der Waals surface area contributed by atoms with Crippen molar-refractivity contribution in [2.24, 2.45) is 0 Å². The van der Waals surface area contributed by atoms with Crippen LogP contribution in [0.15, 0.2) is 18.2 Å². The zero-order chi connectivity index (χ0) is 11.2. The molecule has 2 atom stereocenters. The second-order valence-electron chi connectivity index (χ2n) is 3.97. The molecule has 0 spiro atoms. The molecule has 0 radical (unpaired) electrons. The predicted molar refractivity (Wildman–Crippen MR) is 56.4 cm³/mol. The van der Waals surface area contributed by atoms with Crippen LogP contribution in [-0.4, -0.2) is 19.5 Å². The molecule has 1 N–H and O–H groups in total. The maximum absolute atomic E-state index is 11.8. The summed E-state index contributed by atoms with van der Waals surface area (Å²) in [6.07, 6.45) is 0. The lowest BCUT2D eigenvalue weighted by molar-refractivity contribution is -0.777. The number of fused-ring (bicyclic) bond motifs is 1. The number of nitrogens with one attached hydrogen (secondary N) is 1. The van der Waals surface area contributed by atoms with Crippen molar-refractivity contribution in [3.63, 3.8) is 0 Å². The Hall–Kier alpha value is -1.27. The van der Waals surface area contributed by atoms with E-state index < -0.39 is 4.65 Å². The van der Waals surface area contributed by atoms with E-state index in [0.29, 0.717) is 16.9 Å². The second kappa shape index (κ2) is 3.11. The van der Waals surface area contributed by atoms with Crippen LogP contribution < -0.4 is 9.71 Å². The standard InChI is InChI=1S/C10H12N2O3/c1-7(13)8-3-4-10-9(5-8)11(14)6-12(10,2)15/h3-5,11H,6H2,1-2H3. The monoisotopic (exact) mass is 208 g/mol. The Bertz CT molecular complexity index is 429. The Morgan fingerprint density at radius 1 is 1.53 bits per heavy atom. The Morgan fingerprint density at radius 3 is 2.80 bits per heavy atom. The van der Waals surface area contributed by atoms with Crippen LogP contribution in [0.1, 0.15) is 17.3 Å². The summed E-state index contributed by atoms with van der Waals surface area (Å²) in [6.45, 7) is 1.36. The van der Waals surface area contributed by atoms with Crippen molar-refractivity contribution in [2.75, 3.05) is 13.7 Å². The topological polar surface area (TPSA) is 67.6 Å². The highest BCUT2D eigenvalue weighted by Gasteiger charge is 2.34. The van der Waals surface area contributed by atoms with E-state index in [1.54, 1.807) is 12.1 Å². The Labute approximate surface area is 87.3 Å². The summed E-state index contributed by atoms with van der Waals surface area (Å²) < 4.78 is -0.674. The summed E-state index contributed by atoms with van der Waals surface area (Å²) in [5.41, 5.74) is 1.31. The van der Waals surface area contributed by atoms with Crippen LogP contribution in [0, 0.1) is 10.4 Å². The normalized spacial score (nSPS) is 28.9. The van der Waals surface area contributed by atoms with Gasteiger partial charge in [-0.3, -0.25) is 14.5 Å². The van der Waals surface area contributed by atoms with Crippen molar-refractivity contribution in [3.8, 4) is 0 Å². The zero-order valence-corrected chi connectivity index (χ0v) is 8.61. The number of hydrogen-bond acceptors (Lipinski definition) is 3. The van der Waals surface area contributed by atoms with E-state index in [9.17, 15) is 15.2 Å². The number of hydroxylamine groups is 3. The van der Waals surface area contributed by atoms with Gasteiger partial charge in [0.15, 0.2) is 17.2 Å². The van der Waals surface area contributed by atoms with Crippen LogP contribution in [-0.2, 0) is 0 Å². The van der Waals surface area contributed by atoms with Gasteiger partial charge in [-0.2, -0.15) is 0 Å². The van der Waals surface area contributed by atoms with Crippen molar-refractivity contribution in [2.45, 2.75) is 6.92 Å². The minimum Gasteiger partial charge on any atom is -0.625 e. The summed E-state index contributed by atoms with van der Waals surface area (Å²) in [5, 5.41) is 23.2. The fourth-order valence-corrected chi connectivity index (χ4v) is 1.84. The van der Waals surface area contributed by atoms with Crippen LogP contribution in [0.4, 0.5) is 11.4 Å². The summed E-state index contributed by atoms with van der Waals surface area (Å²) in [6, 6.07) is 4.68. The first-order valence-electron chi connectivity index (χ1n) is 4.67. The first-order chi connectivity index (χ1) is 6.92. The number of carbonyl (C=O) groups is 1. The number of nitrogens with zero attached hydrogens (tertiary/aromatic N) is 1. The quantitative estimate of drug-likeness (QED) is 0.410. The molecule has 0 aromatic heterocycles. The van der Waals surface area contributed by atoms with E-state index in [0.717, 1.165) is 0 Å². The third-order valence-corrected chi connectivity index (χ3v) is 2.66. The Balaban J connectivity index is 2.55. The predicted octanol–water partition coefficient (Wildman–Crippen LogP) is 0.309. The van der Waals surface area contributed by atoms with E-state index in [-0.39, 0.29) is 17.5 Å². The number of rotatable bonds is 1. The molecule has 1 heterocycles. The highest BCUT2D eigenvalue weighted by Crippen LogP contribution is 2.31. The molecule has 80 valence electrons. The highest BCUT2D eigenvalue weighted by molar-refractivity contribution is 5.95. The Kier molecular flexibility index (Phi) is 2.13. The second-order valence-corrected chi connectivity index (χ2v) is 3.97. The lowest BCUT2D eigenvalue weighted by Gasteiger charge is -2.30. The van der Waals surface area contributed by atoms with E-state index in [4.69, 9.17) is 0 Å². The largest absolute Gasteiger partial charge is 0.625 e. The van der Waals surface area contributed by atoms with Crippen LogP contribution in [0.25, 0.3) is 0 Å². The van der Waals surface area contributed by atoms with Gasteiger partial charge in [0.1, 0.15) is 0 Å². The van der Waals surface area contributed by atoms with Gasteiger partial charge in [0.05, 0.1) is 7.05 Å². The summed E-state index contributed by atoms with van der Waals surface area (Å²) >= 11 is 0. The number of hydrogen-bond donors (Lipinski definition) is 1. The van der Waals surface area contributed by atoms with Gasteiger partial charge in [-0.1, -0.05) is 0 Å². The van der Waals surface area contributed by atoms with Gasteiger partial charge in [0.25, 0.3) is 0 Å². The van der Waals surface area contributed by atoms with Crippen LogP contribution in [0.2, 0.25) is 0 Å². The zero-order valence-electron chi connectivity index (χ0n) is 8.61. The molecule has 1 aliphatic rings. The molecule has 1 aliphatic heterocycles. The van der Waals surface area contributed by atoms with Gasteiger partial charge in [-0.15, -0.1) is 0 Å². The molecule has 1 aromatic rings. The minimum atomic E-state index is -0.674. The van der Waals surface area contributed by atoms with Crippen molar-refractivity contribution < 1.29 is 9.86 Å². The number of ketones is 1. The van der Waals surface area contributed by atoms with Gasteiger partial charge >= 0.3 is 0 Å². The molecular formula is C10H12N2O3. The molecule has 0 bridgehead atoms. The smallest absolute Gasteiger partial charge is 0.214 e. The third-order valence-electron chi connectivity index (χ3n) is 2.66. The van der Waals surface area contributed by atoms with Crippen molar-refractivity contribution >= 4 is 17.2 Å². The summed E-state index contributed by atoms with van der Waals surface area (Å²) in [7, 11) is 1.44. The van der Waals surface area contributed by atoms with Gasteiger partial charge in [-0.25, -0.2) is 0 Å². The van der Waals surface area contributed by atoms with Gasteiger partial charge < -0.3 is 10.4 Å². The van der Waals surface area contributed by atoms with Gasteiger partial charge in [-0.05, 0) is 13.0 Å². The number of quaternary nitrogens is 2. The molecule has 1 aromatic carbocycles. The third kappa shape index (κ3) is 1.55. The number of Topliss-reactive ketones (excluding diaryl/α,β-unsaturated/α-hetero) is 1. The summed E-state index contributed by atoms with van der Waals surface area (Å²) in [4.78, 5) is 11.1. The maximum Gasteiger partial charge on any atom is 0.214 e. The molecule has 2 rings (SSSR count). The molecule has 2 unspecified atom stereocenters. The van der Waals surface area contributed by atoms with Crippen molar-refractivity contribution in [1.29, 1.82) is 0 Å². The minimum absolute atomic E-state index is 0.0727. The van der Waals surface area contributed by atoms with Gasteiger partial charge in [0.2, 0.25) is 6.67 Å². The highest BCUT2D eigenvalue weighted by atomic mass is 16.6. The molecule has 0 amide bonds. The molecular weight excluding hydrogens is 196 g/mol. The molecule has 0 saturated heterocycles. The first kappa shape index (κ1) is 10.3. The SMILES string of the molecule is CC(=O)c1ccc2c(c1)[NH+]([O-])C[N+]2(C)[O-]. The van der Waals surface area contributed by atoms with E-state index in [1.165, 1.54) is 20.0 Å². The van der Waals surface area contributed by atoms with Crippen molar-refractivity contribution in [3.05, 3.63) is 34.2 Å². The summed E-state index contributed by atoms with van der Waals surface area (Å²) in [5.74, 6) is -0.0994. The lowest BCUT2D eigenvalue weighted by atomic mass is 10.1. The van der Waals surface area contributed by atoms with E-state index >= 15 is 0 Å². The van der Waals surface area contributed by atoms with Gasteiger partial charge in [0, 0.05) is 17.7 Å². The molecule has 5 nitrogen and oxygen atoms in total. The fraction of sp³-hybridized carbons (Fsp3) is 0.300. The van der Waals surface area contributed by atoms with Crippen LogP contribution in [0.3, 0.4) is 0 Å². The molecule has 0 aliphatic carbocycles. The van der Waals surface area contributed by atoms with Crippen LogP contribution >= 0.6 is 0 Å². The number of benzene rings is 1. The fourth-order valence-electron chi connectivity index (χ4n) is 1.84. The molecule has 5 heteroatoms. The van der Waals surface area contributed by atoms with E-state index in [1.807, 2.05) is 0 Å². The van der Waals surface area contributed by atoms with Crippen molar-refractivity contribution in [1.82, 2.24) is 4.65 Å². The molecule has 0 saturated carbocycles.